The van der Waals surface area contributed by atoms with Crippen molar-refractivity contribution in [2.75, 3.05) is 18.0 Å². The Kier molecular flexibility index (Phi) is 4.42. The van der Waals surface area contributed by atoms with Crippen LogP contribution in [0.25, 0.3) is 0 Å². The minimum Gasteiger partial charge on any atom is -0.480 e. The number of halogens is 1. The van der Waals surface area contributed by atoms with Crippen LogP contribution >= 0.6 is 0 Å². The molecule has 7 heteroatoms. The van der Waals surface area contributed by atoms with Gasteiger partial charge < -0.3 is 15.1 Å². The second kappa shape index (κ2) is 6.09. The number of aliphatic hydroxyl groups is 1. The fraction of sp³-hybridized carbons (Fsp3) is 0.429. The second-order valence-electron chi connectivity index (χ2n) is 4.90. The third kappa shape index (κ3) is 3.13. The molecule has 0 spiro atoms. The Morgan fingerprint density at radius 3 is 2.76 bits per heavy atom. The summed E-state index contributed by atoms with van der Waals surface area (Å²) in [6.45, 7) is 1.94. The van der Waals surface area contributed by atoms with Crippen molar-refractivity contribution in [3.8, 4) is 0 Å². The molecule has 0 bridgehead atoms. The molecule has 1 aromatic rings. The Morgan fingerprint density at radius 1 is 1.48 bits per heavy atom. The number of anilines is 1. The van der Waals surface area contributed by atoms with Gasteiger partial charge in [-0.05, 0) is 25.1 Å². The SMILES string of the molecule is CCN(C(=O)N1CC(O)C[C@H]1C(=O)O)c1cccc(F)c1. The lowest BCUT2D eigenvalue weighted by atomic mass is 10.2. The third-order valence-electron chi connectivity index (χ3n) is 3.48. The van der Waals surface area contributed by atoms with Crippen molar-refractivity contribution >= 4 is 17.7 Å². The Hall–Kier alpha value is -2.15. The molecule has 0 saturated carbocycles. The molecule has 2 rings (SSSR count). The highest BCUT2D eigenvalue weighted by atomic mass is 19.1. The molecular weight excluding hydrogens is 279 g/mol. The normalized spacial score (nSPS) is 21.4. The molecule has 0 aromatic heterocycles. The highest BCUT2D eigenvalue weighted by molar-refractivity contribution is 5.94. The van der Waals surface area contributed by atoms with Crippen LogP contribution in [-0.4, -0.2) is 52.3 Å². The number of amides is 2. The number of aliphatic carboxylic acids is 1. The maximum absolute atomic E-state index is 13.3. The van der Waals surface area contributed by atoms with Gasteiger partial charge >= 0.3 is 12.0 Å². The predicted molar refractivity (Wildman–Crippen MR) is 73.6 cm³/mol. The fourth-order valence-electron chi connectivity index (χ4n) is 2.49. The molecule has 1 aliphatic rings. The van der Waals surface area contributed by atoms with Crippen LogP contribution in [0.15, 0.2) is 24.3 Å². The molecule has 2 atom stereocenters. The lowest BCUT2D eigenvalue weighted by Gasteiger charge is -2.29. The number of urea groups is 1. The lowest BCUT2D eigenvalue weighted by Crippen LogP contribution is -2.48. The molecule has 1 heterocycles. The van der Waals surface area contributed by atoms with E-state index < -0.39 is 30.0 Å². The number of likely N-dealkylation sites (tertiary alicyclic amines) is 1. The first-order valence-corrected chi connectivity index (χ1v) is 6.68. The van der Waals surface area contributed by atoms with Gasteiger partial charge in [0, 0.05) is 25.2 Å². The van der Waals surface area contributed by atoms with Crippen LogP contribution in [0.5, 0.6) is 0 Å². The van der Waals surface area contributed by atoms with Gasteiger partial charge in [0.2, 0.25) is 0 Å². The number of benzene rings is 1. The van der Waals surface area contributed by atoms with Crippen molar-refractivity contribution in [3.63, 3.8) is 0 Å². The lowest BCUT2D eigenvalue weighted by molar-refractivity contribution is -0.141. The minimum absolute atomic E-state index is 0.00176. The average Bonchev–Trinajstić information content (AvgIpc) is 2.82. The van der Waals surface area contributed by atoms with E-state index in [0.29, 0.717) is 5.69 Å². The van der Waals surface area contributed by atoms with E-state index in [-0.39, 0.29) is 19.5 Å². The van der Waals surface area contributed by atoms with Crippen LogP contribution in [0.4, 0.5) is 14.9 Å². The molecular formula is C14H17FN2O4. The first-order valence-electron chi connectivity index (χ1n) is 6.68. The number of hydrogen-bond donors (Lipinski definition) is 2. The minimum atomic E-state index is -1.16. The van der Waals surface area contributed by atoms with Crippen LogP contribution in [0, 0.1) is 5.82 Å². The van der Waals surface area contributed by atoms with Gasteiger partial charge in [0.15, 0.2) is 0 Å². The highest BCUT2D eigenvalue weighted by Gasteiger charge is 2.40. The van der Waals surface area contributed by atoms with Crippen LogP contribution in [0.2, 0.25) is 0 Å². The largest absolute Gasteiger partial charge is 0.480 e. The van der Waals surface area contributed by atoms with Gasteiger partial charge in [-0.2, -0.15) is 0 Å². The molecule has 0 radical (unpaired) electrons. The van der Waals surface area contributed by atoms with E-state index in [1.54, 1.807) is 13.0 Å². The number of aliphatic hydroxyl groups excluding tert-OH is 1. The zero-order valence-corrected chi connectivity index (χ0v) is 11.6. The van der Waals surface area contributed by atoms with Crippen LogP contribution in [0.1, 0.15) is 13.3 Å². The Morgan fingerprint density at radius 2 is 2.19 bits per heavy atom. The zero-order chi connectivity index (χ0) is 15.6. The summed E-state index contributed by atoms with van der Waals surface area (Å²) >= 11 is 0. The molecule has 1 aromatic carbocycles. The van der Waals surface area contributed by atoms with Gasteiger partial charge in [-0.3, -0.25) is 4.90 Å². The van der Waals surface area contributed by atoms with Gasteiger partial charge in [0.1, 0.15) is 11.9 Å². The fourth-order valence-corrected chi connectivity index (χ4v) is 2.49. The summed E-state index contributed by atoms with van der Waals surface area (Å²) < 4.78 is 13.3. The topological polar surface area (TPSA) is 81.1 Å². The maximum Gasteiger partial charge on any atom is 0.326 e. The molecule has 21 heavy (non-hydrogen) atoms. The Balaban J connectivity index is 2.26. The summed E-state index contributed by atoms with van der Waals surface area (Å²) in [5, 5.41) is 18.7. The maximum atomic E-state index is 13.3. The number of carbonyl (C=O) groups excluding carboxylic acids is 1. The van der Waals surface area contributed by atoms with E-state index >= 15 is 0 Å². The number of β-amino-alcohol motifs (C(OH)–C–C–N with tert-alkyl or cyclic N) is 1. The molecule has 1 fully saturated rings. The van der Waals surface area contributed by atoms with Gasteiger partial charge in [0.25, 0.3) is 0 Å². The average molecular weight is 296 g/mol. The van der Waals surface area contributed by atoms with Crippen LogP contribution < -0.4 is 4.90 Å². The van der Waals surface area contributed by atoms with Gasteiger partial charge in [-0.1, -0.05) is 6.07 Å². The number of hydrogen-bond acceptors (Lipinski definition) is 3. The summed E-state index contributed by atoms with van der Waals surface area (Å²) in [6, 6.07) is 3.92. The zero-order valence-electron chi connectivity index (χ0n) is 11.6. The van der Waals surface area contributed by atoms with Crippen LogP contribution in [0.3, 0.4) is 0 Å². The standard InChI is InChI=1S/C14H17FN2O4/c1-2-16(10-5-3-4-9(15)6-10)14(21)17-8-11(18)7-12(17)13(19)20/h3-6,11-12,18H,2,7-8H2,1H3,(H,19,20)/t11?,12-/m0/s1. The number of nitrogens with zero attached hydrogens (tertiary/aromatic N) is 2. The smallest absolute Gasteiger partial charge is 0.326 e. The second-order valence-corrected chi connectivity index (χ2v) is 4.90. The van der Waals surface area contributed by atoms with E-state index in [9.17, 15) is 19.1 Å². The summed E-state index contributed by atoms with van der Waals surface area (Å²) in [5.41, 5.74) is 0.355. The van der Waals surface area contributed by atoms with Gasteiger partial charge in [-0.15, -0.1) is 0 Å². The van der Waals surface area contributed by atoms with Crippen molar-refractivity contribution in [3.05, 3.63) is 30.1 Å². The van der Waals surface area contributed by atoms with Crippen molar-refractivity contribution in [2.24, 2.45) is 0 Å². The van der Waals surface area contributed by atoms with Crippen molar-refractivity contribution in [1.29, 1.82) is 0 Å². The number of carbonyl (C=O) groups is 2. The molecule has 114 valence electrons. The highest BCUT2D eigenvalue weighted by Crippen LogP contribution is 2.23. The van der Waals surface area contributed by atoms with Gasteiger partial charge in [-0.25, -0.2) is 14.0 Å². The summed E-state index contributed by atoms with van der Waals surface area (Å²) in [6.07, 6.45) is -0.858. The van der Waals surface area contributed by atoms with Crippen molar-refractivity contribution in [1.82, 2.24) is 4.90 Å². The molecule has 6 nitrogen and oxygen atoms in total. The molecule has 0 aliphatic carbocycles. The third-order valence-corrected chi connectivity index (χ3v) is 3.48. The van der Waals surface area contributed by atoms with E-state index in [4.69, 9.17) is 5.11 Å². The van der Waals surface area contributed by atoms with Crippen molar-refractivity contribution in [2.45, 2.75) is 25.5 Å². The quantitative estimate of drug-likeness (QED) is 0.880. The summed E-state index contributed by atoms with van der Waals surface area (Å²) in [4.78, 5) is 26.1. The number of carboxylic acids is 1. The van der Waals surface area contributed by atoms with Gasteiger partial charge in [0.05, 0.1) is 6.10 Å². The summed E-state index contributed by atoms with van der Waals surface area (Å²) in [7, 11) is 0. The number of carboxylic acid groups (broad SMARTS) is 1. The predicted octanol–water partition coefficient (Wildman–Crippen LogP) is 1.29. The van der Waals surface area contributed by atoms with E-state index in [1.165, 1.54) is 23.1 Å². The first-order chi connectivity index (χ1) is 9.93. The molecule has 2 N–H and O–H groups in total. The molecule has 1 unspecified atom stereocenters. The molecule has 1 aliphatic heterocycles. The Labute approximate surface area is 121 Å². The van der Waals surface area contributed by atoms with E-state index in [2.05, 4.69) is 0 Å². The number of rotatable bonds is 3. The van der Waals surface area contributed by atoms with Crippen LogP contribution in [-0.2, 0) is 4.79 Å². The van der Waals surface area contributed by atoms with Crippen molar-refractivity contribution < 1.29 is 24.2 Å². The van der Waals surface area contributed by atoms with E-state index in [0.717, 1.165) is 4.90 Å². The van der Waals surface area contributed by atoms with E-state index in [1.807, 2.05) is 0 Å². The molecule has 2 amide bonds. The molecule has 1 saturated heterocycles. The summed E-state index contributed by atoms with van der Waals surface area (Å²) in [5.74, 6) is -1.63. The first kappa shape index (κ1) is 15.2. The monoisotopic (exact) mass is 296 g/mol. The Bertz CT molecular complexity index is 552.